The maximum atomic E-state index is 12.9. The highest BCUT2D eigenvalue weighted by atomic mass is 79.9. The van der Waals surface area contributed by atoms with E-state index < -0.39 is 9.84 Å². The fourth-order valence-electron chi connectivity index (χ4n) is 3.09. The summed E-state index contributed by atoms with van der Waals surface area (Å²) < 4.78 is 30.7. The number of amides is 1. The zero-order chi connectivity index (χ0) is 23.1. The minimum atomic E-state index is -3.51. The number of ether oxygens (including phenoxy) is 1. The summed E-state index contributed by atoms with van der Waals surface area (Å²) >= 11 is 3.36. The maximum absolute atomic E-state index is 12.9. The summed E-state index contributed by atoms with van der Waals surface area (Å²) in [6.07, 6.45) is 0.156. The van der Waals surface area contributed by atoms with Crippen LogP contribution in [-0.4, -0.2) is 33.0 Å². The Labute approximate surface area is 195 Å². The van der Waals surface area contributed by atoms with Gasteiger partial charge in [-0.1, -0.05) is 46.3 Å². The third-order valence-corrected chi connectivity index (χ3v) is 7.08. The summed E-state index contributed by atoms with van der Waals surface area (Å²) in [5.41, 5.74) is 1.24. The molecule has 3 aromatic carbocycles. The average Bonchev–Trinajstić information content (AvgIpc) is 2.80. The number of ketones is 1. The Hall–Kier alpha value is -2.97. The van der Waals surface area contributed by atoms with Crippen molar-refractivity contribution in [3.63, 3.8) is 0 Å². The van der Waals surface area contributed by atoms with Gasteiger partial charge in [0.1, 0.15) is 5.75 Å². The first-order chi connectivity index (χ1) is 15.3. The molecule has 0 aliphatic heterocycles. The molecular formula is C24H22BrNO5S. The van der Waals surface area contributed by atoms with Crippen LogP contribution in [0, 0.1) is 0 Å². The van der Waals surface area contributed by atoms with Gasteiger partial charge in [-0.2, -0.15) is 0 Å². The van der Waals surface area contributed by atoms with Crippen LogP contribution in [0.5, 0.6) is 5.75 Å². The van der Waals surface area contributed by atoms with E-state index in [0.717, 1.165) is 0 Å². The van der Waals surface area contributed by atoms with Gasteiger partial charge < -0.3 is 10.1 Å². The van der Waals surface area contributed by atoms with Crippen LogP contribution in [0.3, 0.4) is 0 Å². The van der Waals surface area contributed by atoms with E-state index in [0.29, 0.717) is 27.0 Å². The smallest absolute Gasteiger partial charge is 0.224 e. The van der Waals surface area contributed by atoms with Gasteiger partial charge in [-0.15, -0.1) is 0 Å². The molecule has 0 atom stereocenters. The highest BCUT2D eigenvalue weighted by molar-refractivity contribution is 9.10. The number of hydrogen-bond donors (Lipinski definition) is 1. The van der Waals surface area contributed by atoms with E-state index in [1.165, 1.54) is 19.2 Å². The number of sulfone groups is 1. The van der Waals surface area contributed by atoms with Crippen molar-refractivity contribution < 1.29 is 22.7 Å². The molecule has 3 aromatic rings. The molecule has 0 radical (unpaired) electrons. The second-order valence-corrected chi connectivity index (χ2v) is 10.1. The third-order valence-electron chi connectivity index (χ3n) is 4.77. The Balaban J connectivity index is 1.64. The molecule has 32 heavy (non-hydrogen) atoms. The zero-order valence-electron chi connectivity index (χ0n) is 17.4. The number of benzene rings is 3. The molecule has 0 aliphatic carbocycles. The molecule has 3 rings (SSSR count). The predicted molar refractivity (Wildman–Crippen MR) is 127 cm³/mol. The topological polar surface area (TPSA) is 89.5 Å². The number of nitrogens with one attached hydrogen (secondary N) is 1. The Kier molecular flexibility index (Phi) is 7.82. The third kappa shape index (κ3) is 6.05. The van der Waals surface area contributed by atoms with Crippen molar-refractivity contribution >= 4 is 43.1 Å². The number of anilines is 1. The first-order valence-corrected chi connectivity index (χ1v) is 12.3. The Morgan fingerprint density at radius 3 is 2.31 bits per heavy atom. The second kappa shape index (κ2) is 10.6. The van der Waals surface area contributed by atoms with Crippen molar-refractivity contribution in [2.45, 2.75) is 17.7 Å². The van der Waals surface area contributed by atoms with Gasteiger partial charge in [-0.3, -0.25) is 9.59 Å². The lowest BCUT2D eigenvalue weighted by Crippen LogP contribution is -2.16. The van der Waals surface area contributed by atoms with E-state index in [1.807, 2.05) is 6.07 Å². The molecule has 1 amide bonds. The van der Waals surface area contributed by atoms with Crippen molar-refractivity contribution in [1.82, 2.24) is 0 Å². The number of carbonyl (C=O) groups excluding carboxylic acids is 2. The van der Waals surface area contributed by atoms with Crippen molar-refractivity contribution in [1.29, 1.82) is 0 Å². The van der Waals surface area contributed by atoms with Crippen molar-refractivity contribution in [2.24, 2.45) is 0 Å². The van der Waals surface area contributed by atoms with Crippen LogP contribution < -0.4 is 10.1 Å². The Morgan fingerprint density at radius 2 is 1.66 bits per heavy atom. The largest absolute Gasteiger partial charge is 0.497 e. The van der Waals surface area contributed by atoms with Gasteiger partial charge >= 0.3 is 0 Å². The molecule has 8 heteroatoms. The second-order valence-electron chi connectivity index (χ2n) is 7.03. The number of rotatable bonds is 9. The van der Waals surface area contributed by atoms with E-state index in [4.69, 9.17) is 4.74 Å². The standard InChI is InChI=1S/C24H22BrNO5S/c1-31-19-10-12-20(13-11-19)32(29,30)15-5-8-23(27)26-22-14-9-18(25)16-21(22)24(28)17-6-3-2-4-7-17/h2-4,6-7,9-14,16H,5,8,15H2,1H3,(H,26,27). The predicted octanol–water partition coefficient (Wildman–Crippen LogP) is 4.88. The number of hydrogen-bond acceptors (Lipinski definition) is 5. The van der Waals surface area contributed by atoms with Gasteiger partial charge in [-0.05, 0) is 48.9 Å². The van der Waals surface area contributed by atoms with Crippen LogP contribution in [0.15, 0.2) is 82.2 Å². The van der Waals surface area contributed by atoms with Crippen molar-refractivity contribution in [3.8, 4) is 5.75 Å². The fraction of sp³-hybridized carbons (Fsp3) is 0.167. The normalized spacial score (nSPS) is 11.1. The van der Waals surface area contributed by atoms with Crippen LogP contribution in [0.25, 0.3) is 0 Å². The molecule has 0 unspecified atom stereocenters. The summed E-state index contributed by atoms with van der Waals surface area (Å²) in [5.74, 6) is -0.176. The lowest BCUT2D eigenvalue weighted by molar-refractivity contribution is -0.116. The number of methoxy groups -OCH3 is 1. The monoisotopic (exact) mass is 515 g/mol. The Bertz CT molecular complexity index is 1210. The van der Waals surface area contributed by atoms with Gasteiger partial charge in [-0.25, -0.2) is 8.42 Å². The van der Waals surface area contributed by atoms with Gasteiger partial charge in [0, 0.05) is 22.0 Å². The lowest BCUT2D eigenvalue weighted by atomic mass is 10.0. The zero-order valence-corrected chi connectivity index (χ0v) is 19.8. The first-order valence-electron chi connectivity index (χ1n) is 9.86. The maximum Gasteiger partial charge on any atom is 0.224 e. The van der Waals surface area contributed by atoms with Gasteiger partial charge in [0.05, 0.1) is 23.4 Å². The van der Waals surface area contributed by atoms with Crippen LogP contribution in [0.2, 0.25) is 0 Å². The molecule has 0 fully saturated rings. The van der Waals surface area contributed by atoms with E-state index >= 15 is 0 Å². The van der Waals surface area contributed by atoms with Crippen LogP contribution in [0.1, 0.15) is 28.8 Å². The van der Waals surface area contributed by atoms with E-state index in [9.17, 15) is 18.0 Å². The molecule has 1 N–H and O–H groups in total. The highest BCUT2D eigenvalue weighted by Gasteiger charge is 2.18. The molecule has 0 aliphatic rings. The average molecular weight is 516 g/mol. The summed E-state index contributed by atoms with van der Waals surface area (Å²) in [5, 5.41) is 2.74. The summed E-state index contributed by atoms with van der Waals surface area (Å²) in [6, 6.07) is 19.9. The fourth-order valence-corrected chi connectivity index (χ4v) is 4.77. The first kappa shape index (κ1) is 23.7. The SMILES string of the molecule is COc1ccc(S(=O)(=O)CCCC(=O)Nc2ccc(Br)cc2C(=O)c2ccccc2)cc1. The Morgan fingerprint density at radius 1 is 0.969 bits per heavy atom. The molecule has 0 saturated heterocycles. The van der Waals surface area contributed by atoms with Crippen LogP contribution in [0.4, 0.5) is 5.69 Å². The minimum Gasteiger partial charge on any atom is -0.497 e. The van der Waals surface area contributed by atoms with E-state index in [-0.39, 0.29) is 35.2 Å². The summed E-state index contributed by atoms with van der Waals surface area (Å²) in [7, 11) is -2.01. The molecule has 166 valence electrons. The lowest BCUT2D eigenvalue weighted by Gasteiger charge is -2.11. The van der Waals surface area contributed by atoms with Gasteiger partial charge in [0.25, 0.3) is 0 Å². The molecule has 6 nitrogen and oxygen atoms in total. The van der Waals surface area contributed by atoms with E-state index in [2.05, 4.69) is 21.2 Å². The van der Waals surface area contributed by atoms with E-state index in [1.54, 1.807) is 54.6 Å². The van der Waals surface area contributed by atoms with Crippen LogP contribution >= 0.6 is 15.9 Å². The quantitative estimate of drug-likeness (QED) is 0.410. The number of carbonyl (C=O) groups is 2. The summed E-state index contributed by atoms with van der Waals surface area (Å²) in [4.78, 5) is 25.5. The molecule has 0 bridgehead atoms. The summed E-state index contributed by atoms with van der Waals surface area (Å²) in [6.45, 7) is 0. The molecular weight excluding hydrogens is 494 g/mol. The van der Waals surface area contributed by atoms with Gasteiger partial charge in [0.2, 0.25) is 5.91 Å². The molecule has 0 heterocycles. The van der Waals surface area contributed by atoms with Crippen molar-refractivity contribution in [2.75, 3.05) is 18.2 Å². The molecule has 0 saturated carbocycles. The molecule has 0 spiro atoms. The molecule has 0 aromatic heterocycles. The van der Waals surface area contributed by atoms with Crippen LogP contribution in [-0.2, 0) is 14.6 Å². The van der Waals surface area contributed by atoms with Gasteiger partial charge in [0.15, 0.2) is 15.6 Å². The number of halogens is 1. The highest BCUT2D eigenvalue weighted by Crippen LogP contribution is 2.24. The van der Waals surface area contributed by atoms with Crippen molar-refractivity contribution in [3.05, 3.63) is 88.4 Å². The minimum absolute atomic E-state index is 0.00438.